The van der Waals surface area contributed by atoms with Gasteiger partial charge in [0.05, 0.1) is 0 Å². The van der Waals surface area contributed by atoms with Gasteiger partial charge in [0.25, 0.3) is 0 Å². The summed E-state index contributed by atoms with van der Waals surface area (Å²) in [5.74, 6) is -0.729. The van der Waals surface area contributed by atoms with Gasteiger partial charge in [-0.25, -0.2) is 0 Å². The van der Waals surface area contributed by atoms with Crippen LogP contribution in [0.1, 0.15) is 66.2 Å². The lowest BCUT2D eigenvalue weighted by Gasteiger charge is -2.32. The first kappa shape index (κ1) is 17.4. The van der Waals surface area contributed by atoms with Crippen molar-refractivity contribution in [1.82, 2.24) is 10.2 Å². The van der Waals surface area contributed by atoms with E-state index in [1.54, 1.807) is 0 Å². The highest BCUT2D eigenvalue weighted by atomic mass is 16.4. The number of nitrogens with one attached hydrogen (secondary N) is 1. The normalized spacial score (nSPS) is 21.8. The summed E-state index contributed by atoms with van der Waals surface area (Å²) in [6.07, 6.45) is 6.28. The van der Waals surface area contributed by atoms with Crippen LogP contribution in [0.25, 0.3) is 0 Å². The monoisotopic (exact) mass is 284 g/mol. The van der Waals surface area contributed by atoms with Gasteiger partial charge in [-0.1, -0.05) is 6.92 Å². The predicted molar refractivity (Wildman–Crippen MR) is 83.1 cm³/mol. The fraction of sp³-hybridized carbons (Fsp3) is 0.938. The molecule has 0 aliphatic carbocycles. The van der Waals surface area contributed by atoms with Gasteiger partial charge >= 0.3 is 5.97 Å². The van der Waals surface area contributed by atoms with Crippen LogP contribution in [-0.4, -0.2) is 46.7 Å². The highest BCUT2D eigenvalue weighted by Crippen LogP contribution is 2.28. The van der Waals surface area contributed by atoms with Gasteiger partial charge in [-0.05, 0) is 78.9 Å². The molecule has 1 unspecified atom stereocenters. The number of hydrogen-bond donors (Lipinski definition) is 2. The Balaban J connectivity index is 2.32. The third-order valence-electron chi connectivity index (χ3n) is 4.66. The third-order valence-corrected chi connectivity index (χ3v) is 4.66. The Morgan fingerprint density at radius 2 is 2.10 bits per heavy atom. The van der Waals surface area contributed by atoms with E-state index in [4.69, 9.17) is 0 Å². The van der Waals surface area contributed by atoms with E-state index in [0.717, 1.165) is 32.4 Å². The molecule has 118 valence electrons. The molecule has 0 amide bonds. The van der Waals surface area contributed by atoms with E-state index >= 15 is 0 Å². The van der Waals surface area contributed by atoms with Crippen LogP contribution >= 0.6 is 0 Å². The fourth-order valence-electron chi connectivity index (χ4n) is 3.03. The van der Waals surface area contributed by atoms with E-state index in [1.807, 2.05) is 6.92 Å². The minimum atomic E-state index is -0.767. The molecule has 1 rings (SSSR count). The lowest BCUT2D eigenvalue weighted by atomic mass is 9.94. The van der Waals surface area contributed by atoms with E-state index < -0.39 is 11.5 Å². The van der Waals surface area contributed by atoms with E-state index in [0.29, 0.717) is 12.0 Å². The molecule has 0 aromatic rings. The highest BCUT2D eigenvalue weighted by Gasteiger charge is 2.33. The second kappa shape index (κ2) is 7.41. The zero-order valence-corrected chi connectivity index (χ0v) is 13.7. The van der Waals surface area contributed by atoms with Crippen LogP contribution in [0.5, 0.6) is 0 Å². The predicted octanol–water partition coefficient (Wildman–Crippen LogP) is 2.87. The summed E-state index contributed by atoms with van der Waals surface area (Å²) in [5, 5.41) is 12.6. The van der Waals surface area contributed by atoms with Crippen LogP contribution in [0.4, 0.5) is 0 Å². The molecule has 1 atom stereocenters. The number of hydrogen-bond acceptors (Lipinski definition) is 3. The number of carboxylic acids is 1. The molecule has 0 bridgehead atoms. The van der Waals surface area contributed by atoms with Crippen molar-refractivity contribution >= 4 is 5.97 Å². The Morgan fingerprint density at radius 3 is 2.60 bits per heavy atom. The Labute approximate surface area is 123 Å². The lowest BCUT2D eigenvalue weighted by Crippen LogP contribution is -2.49. The van der Waals surface area contributed by atoms with Crippen LogP contribution in [0.3, 0.4) is 0 Å². The molecule has 2 N–H and O–H groups in total. The number of unbranched alkanes of at least 4 members (excludes halogenated alkanes) is 1. The molecule has 1 saturated heterocycles. The number of rotatable bonds is 9. The maximum Gasteiger partial charge on any atom is 0.323 e. The average molecular weight is 284 g/mol. The number of aliphatic carboxylic acids is 1. The Bertz CT molecular complexity index is 318. The largest absolute Gasteiger partial charge is 0.480 e. The zero-order valence-electron chi connectivity index (χ0n) is 13.7. The summed E-state index contributed by atoms with van der Waals surface area (Å²) in [6, 6.07) is 0. The van der Waals surface area contributed by atoms with Crippen LogP contribution in [0, 0.1) is 0 Å². The van der Waals surface area contributed by atoms with Crippen molar-refractivity contribution in [1.29, 1.82) is 0 Å². The van der Waals surface area contributed by atoms with Gasteiger partial charge in [0, 0.05) is 5.54 Å². The average Bonchev–Trinajstić information content (AvgIpc) is 2.71. The summed E-state index contributed by atoms with van der Waals surface area (Å²) < 4.78 is 0. The molecule has 4 heteroatoms. The quantitative estimate of drug-likeness (QED) is 0.639. The van der Waals surface area contributed by atoms with E-state index in [1.165, 1.54) is 19.4 Å². The van der Waals surface area contributed by atoms with E-state index in [9.17, 15) is 9.90 Å². The Morgan fingerprint density at radius 1 is 1.40 bits per heavy atom. The van der Waals surface area contributed by atoms with Gasteiger partial charge in [-0.3, -0.25) is 9.69 Å². The second-order valence-electron chi connectivity index (χ2n) is 6.92. The smallest absolute Gasteiger partial charge is 0.323 e. The molecule has 4 nitrogen and oxygen atoms in total. The molecule has 1 fully saturated rings. The Kier molecular flexibility index (Phi) is 6.46. The molecule has 20 heavy (non-hydrogen) atoms. The van der Waals surface area contributed by atoms with Gasteiger partial charge in [0.1, 0.15) is 5.54 Å². The van der Waals surface area contributed by atoms with Crippen LogP contribution < -0.4 is 5.32 Å². The van der Waals surface area contributed by atoms with Crippen molar-refractivity contribution in [3.63, 3.8) is 0 Å². The highest BCUT2D eigenvalue weighted by molar-refractivity contribution is 5.78. The molecule has 1 heterocycles. The molecule has 0 spiro atoms. The van der Waals surface area contributed by atoms with Crippen molar-refractivity contribution in [2.45, 2.75) is 77.3 Å². The van der Waals surface area contributed by atoms with Crippen molar-refractivity contribution in [2.24, 2.45) is 0 Å². The summed E-state index contributed by atoms with van der Waals surface area (Å²) in [6.45, 7) is 11.5. The molecular weight excluding hydrogens is 252 g/mol. The zero-order chi connectivity index (χ0) is 15.2. The molecule has 0 radical (unpaired) electrons. The maximum atomic E-state index is 11.4. The van der Waals surface area contributed by atoms with Gasteiger partial charge in [-0.15, -0.1) is 0 Å². The summed E-state index contributed by atoms with van der Waals surface area (Å²) in [4.78, 5) is 14.0. The topological polar surface area (TPSA) is 52.6 Å². The van der Waals surface area contributed by atoms with Crippen molar-refractivity contribution < 1.29 is 9.90 Å². The van der Waals surface area contributed by atoms with Crippen LogP contribution in [-0.2, 0) is 4.79 Å². The lowest BCUT2D eigenvalue weighted by molar-refractivity contribution is -0.144. The SMILES string of the molecule is CCCNC(C)(CCCCN1CCCC1(C)C)C(=O)O. The summed E-state index contributed by atoms with van der Waals surface area (Å²) >= 11 is 0. The van der Waals surface area contributed by atoms with Gasteiger partial charge in [0.2, 0.25) is 0 Å². The van der Waals surface area contributed by atoms with Crippen molar-refractivity contribution in [3.8, 4) is 0 Å². The molecule has 0 aromatic carbocycles. The summed E-state index contributed by atoms with van der Waals surface area (Å²) in [7, 11) is 0. The number of carbonyl (C=O) groups is 1. The molecule has 1 aliphatic rings. The second-order valence-corrected chi connectivity index (χ2v) is 6.92. The first-order valence-corrected chi connectivity index (χ1v) is 8.05. The molecular formula is C16H32N2O2. The molecule has 0 saturated carbocycles. The molecule has 1 aliphatic heterocycles. The van der Waals surface area contributed by atoms with Gasteiger partial charge in [0.15, 0.2) is 0 Å². The Hall–Kier alpha value is -0.610. The third kappa shape index (κ3) is 4.74. The first-order valence-electron chi connectivity index (χ1n) is 8.05. The number of nitrogens with zero attached hydrogens (tertiary/aromatic N) is 1. The van der Waals surface area contributed by atoms with Gasteiger partial charge < -0.3 is 10.4 Å². The fourth-order valence-corrected chi connectivity index (χ4v) is 3.03. The number of likely N-dealkylation sites (tertiary alicyclic amines) is 1. The minimum absolute atomic E-state index is 0.330. The van der Waals surface area contributed by atoms with Crippen LogP contribution in [0.2, 0.25) is 0 Å². The maximum absolute atomic E-state index is 11.4. The molecule has 0 aromatic heterocycles. The van der Waals surface area contributed by atoms with Crippen molar-refractivity contribution in [3.05, 3.63) is 0 Å². The summed E-state index contributed by atoms with van der Waals surface area (Å²) in [5.41, 5.74) is -0.437. The first-order chi connectivity index (χ1) is 9.32. The van der Waals surface area contributed by atoms with E-state index in [-0.39, 0.29) is 0 Å². The number of carboxylic acid groups (broad SMARTS) is 1. The van der Waals surface area contributed by atoms with Gasteiger partial charge in [-0.2, -0.15) is 0 Å². The van der Waals surface area contributed by atoms with Crippen molar-refractivity contribution in [2.75, 3.05) is 19.6 Å². The standard InChI is InChI=1S/C16H32N2O2/c1-5-11-17-16(4,14(19)20)10-6-7-12-18-13-8-9-15(18,2)3/h17H,5-13H2,1-4H3,(H,19,20). The van der Waals surface area contributed by atoms with Crippen LogP contribution in [0.15, 0.2) is 0 Å². The van der Waals surface area contributed by atoms with E-state index in [2.05, 4.69) is 31.0 Å². The minimum Gasteiger partial charge on any atom is -0.480 e.